The Kier molecular flexibility index (Phi) is 6.29. The Labute approximate surface area is 156 Å². The lowest BCUT2D eigenvalue weighted by Gasteiger charge is -2.36. The van der Waals surface area contributed by atoms with Crippen LogP contribution in [0.15, 0.2) is 48.5 Å². The molecule has 2 aromatic rings. The molecule has 0 bridgehead atoms. The van der Waals surface area contributed by atoms with E-state index < -0.39 is 0 Å². The van der Waals surface area contributed by atoms with Gasteiger partial charge in [-0.3, -0.25) is 9.69 Å². The lowest BCUT2D eigenvalue weighted by Crippen LogP contribution is -2.48. The molecule has 0 saturated carbocycles. The number of hydrogen-bond donors (Lipinski definition) is 1. The highest BCUT2D eigenvalue weighted by Gasteiger charge is 2.17. The van der Waals surface area contributed by atoms with Crippen LogP contribution in [0.5, 0.6) is 0 Å². The molecule has 3 rings (SSSR count). The largest absolute Gasteiger partial charge is 0.369 e. The third kappa shape index (κ3) is 5.33. The van der Waals surface area contributed by atoms with Crippen LogP contribution in [0.1, 0.15) is 16.7 Å². The van der Waals surface area contributed by atoms with Crippen LogP contribution in [0.3, 0.4) is 0 Å². The van der Waals surface area contributed by atoms with Gasteiger partial charge in [0.1, 0.15) is 0 Å². The SMILES string of the molecule is Cc1ccc(CC(=O)NCCN2CCN(c3cccc(C)c3)CC2)cc1. The van der Waals surface area contributed by atoms with Crippen LogP contribution in [0.25, 0.3) is 0 Å². The Hall–Kier alpha value is -2.33. The standard InChI is InChI=1S/C22H29N3O/c1-18-6-8-20(9-7-18)17-22(26)23-10-11-24-12-14-25(15-13-24)21-5-3-4-19(2)16-21/h3-9,16H,10-15,17H2,1-2H3,(H,23,26). The summed E-state index contributed by atoms with van der Waals surface area (Å²) in [5.74, 6) is 0.104. The van der Waals surface area contributed by atoms with Crippen molar-refractivity contribution in [3.05, 3.63) is 65.2 Å². The fourth-order valence-electron chi connectivity index (χ4n) is 3.36. The molecule has 0 unspecified atom stereocenters. The van der Waals surface area contributed by atoms with E-state index in [1.807, 2.05) is 12.1 Å². The first-order valence-corrected chi connectivity index (χ1v) is 9.46. The maximum Gasteiger partial charge on any atom is 0.224 e. The molecule has 4 nitrogen and oxygen atoms in total. The predicted octanol–water partition coefficient (Wildman–Crippen LogP) is 2.78. The zero-order valence-electron chi connectivity index (χ0n) is 15.9. The number of benzene rings is 2. The number of nitrogens with zero attached hydrogens (tertiary/aromatic N) is 2. The van der Waals surface area contributed by atoms with Crippen LogP contribution in [0.2, 0.25) is 0 Å². The molecule has 1 saturated heterocycles. The van der Waals surface area contributed by atoms with Crippen molar-refractivity contribution < 1.29 is 4.79 Å². The van der Waals surface area contributed by atoms with Gasteiger partial charge in [0.25, 0.3) is 0 Å². The molecule has 26 heavy (non-hydrogen) atoms. The molecule has 2 aromatic carbocycles. The molecule has 1 N–H and O–H groups in total. The Morgan fingerprint density at radius 2 is 1.69 bits per heavy atom. The van der Waals surface area contributed by atoms with Crippen molar-refractivity contribution in [2.45, 2.75) is 20.3 Å². The number of piperazine rings is 1. The van der Waals surface area contributed by atoms with Crippen LogP contribution in [0.4, 0.5) is 5.69 Å². The molecule has 1 amide bonds. The number of anilines is 1. The molecule has 0 spiro atoms. The van der Waals surface area contributed by atoms with E-state index >= 15 is 0 Å². The Balaban J connectivity index is 1.36. The number of rotatable bonds is 6. The fourth-order valence-corrected chi connectivity index (χ4v) is 3.36. The summed E-state index contributed by atoms with van der Waals surface area (Å²) in [6.45, 7) is 10.0. The number of amides is 1. The highest BCUT2D eigenvalue weighted by molar-refractivity contribution is 5.78. The first-order valence-electron chi connectivity index (χ1n) is 9.46. The van der Waals surface area contributed by atoms with Gasteiger partial charge in [0.2, 0.25) is 5.91 Å². The predicted molar refractivity (Wildman–Crippen MR) is 108 cm³/mol. The lowest BCUT2D eigenvalue weighted by molar-refractivity contribution is -0.120. The summed E-state index contributed by atoms with van der Waals surface area (Å²) < 4.78 is 0. The van der Waals surface area contributed by atoms with E-state index in [2.05, 4.69) is 65.4 Å². The summed E-state index contributed by atoms with van der Waals surface area (Å²) in [5.41, 5.74) is 4.91. The van der Waals surface area contributed by atoms with Crippen molar-refractivity contribution in [1.82, 2.24) is 10.2 Å². The lowest BCUT2D eigenvalue weighted by atomic mass is 10.1. The van der Waals surface area contributed by atoms with Gasteiger partial charge in [0.15, 0.2) is 0 Å². The molecule has 4 heteroatoms. The number of carbonyl (C=O) groups excluding carboxylic acids is 1. The average molecular weight is 351 g/mol. The number of hydrogen-bond acceptors (Lipinski definition) is 3. The molecule has 1 fully saturated rings. The van der Waals surface area contributed by atoms with Crippen LogP contribution < -0.4 is 10.2 Å². The van der Waals surface area contributed by atoms with Crippen molar-refractivity contribution in [2.24, 2.45) is 0 Å². The molecule has 0 aliphatic carbocycles. The molecule has 0 aromatic heterocycles. The van der Waals surface area contributed by atoms with Crippen LogP contribution in [-0.2, 0) is 11.2 Å². The molecule has 138 valence electrons. The number of aryl methyl sites for hydroxylation is 2. The molecule has 1 aliphatic heterocycles. The minimum Gasteiger partial charge on any atom is -0.369 e. The van der Waals surface area contributed by atoms with Crippen molar-refractivity contribution in [3.63, 3.8) is 0 Å². The molecule has 1 heterocycles. The van der Waals surface area contributed by atoms with Crippen LogP contribution in [-0.4, -0.2) is 50.1 Å². The van der Waals surface area contributed by atoms with E-state index in [4.69, 9.17) is 0 Å². The van der Waals surface area contributed by atoms with Crippen LogP contribution in [0, 0.1) is 13.8 Å². The van der Waals surface area contributed by atoms with Crippen molar-refractivity contribution in [2.75, 3.05) is 44.2 Å². The second kappa shape index (κ2) is 8.86. The van der Waals surface area contributed by atoms with Crippen molar-refractivity contribution in [1.29, 1.82) is 0 Å². The summed E-state index contributed by atoms with van der Waals surface area (Å²) in [6.07, 6.45) is 0.460. The maximum atomic E-state index is 12.1. The second-order valence-electron chi connectivity index (χ2n) is 7.18. The second-order valence-corrected chi connectivity index (χ2v) is 7.18. The van der Waals surface area contributed by atoms with Gasteiger partial charge in [-0.05, 0) is 37.1 Å². The Morgan fingerprint density at radius 3 is 2.38 bits per heavy atom. The van der Waals surface area contributed by atoms with Gasteiger partial charge in [-0.1, -0.05) is 42.0 Å². The van der Waals surface area contributed by atoms with Gasteiger partial charge in [-0.15, -0.1) is 0 Å². The van der Waals surface area contributed by atoms with E-state index in [-0.39, 0.29) is 5.91 Å². The minimum atomic E-state index is 0.104. The van der Waals surface area contributed by atoms with E-state index in [9.17, 15) is 4.79 Å². The topological polar surface area (TPSA) is 35.6 Å². The van der Waals surface area contributed by atoms with Crippen LogP contribution >= 0.6 is 0 Å². The highest BCUT2D eigenvalue weighted by Crippen LogP contribution is 2.17. The summed E-state index contributed by atoms with van der Waals surface area (Å²) in [7, 11) is 0. The van der Waals surface area contributed by atoms with Gasteiger partial charge in [0.05, 0.1) is 6.42 Å². The quantitative estimate of drug-likeness (QED) is 0.869. The average Bonchev–Trinajstić information content (AvgIpc) is 2.64. The molecule has 0 atom stereocenters. The van der Waals surface area contributed by atoms with Gasteiger partial charge in [-0.2, -0.15) is 0 Å². The van der Waals surface area contributed by atoms with Crippen molar-refractivity contribution >= 4 is 11.6 Å². The first kappa shape index (κ1) is 18.5. The highest BCUT2D eigenvalue weighted by atomic mass is 16.1. The monoisotopic (exact) mass is 351 g/mol. The van der Waals surface area contributed by atoms with E-state index in [1.165, 1.54) is 16.8 Å². The maximum absolute atomic E-state index is 12.1. The Morgan fingerprint density at radius 1 is 0.962 bits per heavy atom. The third-order valence-corrected chi connectivity index (χ3v) is 4.97. The molecule has 0 radical (unpaired) electrons. The summed E-state index contributed by atoms with van der Waals surface area (Å²) >= 11 is 0. The van der Waals surface area contributed by atoms with Gasteiger partial charge < -0.3 is 10.2 Å². The van der Waals surface area contributed by atoms with Gasteiger partial charge >= 0.3 is 0 Å². The molecular formula is C22H29N3O. The number of nitrogens with one attached hydrogen (secondary N) is 1. The molecular weight excluding hydrogens is 322 g/mol. The Bertz CT molecular complexity index is 718. The summed E-state index contributed by atoms with van der Waals surface area (Å²) in [4.78, 5) is 16.9. The third-order valence-electron chi connectivity index (χ3n) is 4.97. The van der Waals surface area contributed by atoms with E-state index in [1.54, 1.807) is 0 Å². The van der Waals surface area contributed by atoms with Gasteiger partial charge in [-0.25, -0.2) is 0 Å². The normalized spacial score (nSPS) is 15.1. The zero-order chi connectivity index (χ0) is 18.4. The summed E-state index contributed by atoms with van der Waals surface area (Å²) in [5, 5.41) is 3.05. The number of carbonyl (C=O) groups is 1. The minimum absolute atomic E-state index is 0.104. The van der Waals surface area contributed by atoms with E-state index in [0.29, 0.717) is 6.42 Å². The first-order chi connectivity index (χ1) is 12.6. The summed E-state index contributed by atoms with van der Waals surface area (Å²) in [6, 6.07) is 16.9. The fraction of sp³-hybridized carbons (Fsp3) is 0.409. The smallest absolute Gasteiger partial charge is 0.224 e. The zero-order valence-corrected chi connectivity index (χ0v) is 15.9. The van der Waals surface area contributed by atoms with Crippen molar-refractivity contribution in [3.8, 4) is 0 Å². The van der Waals surface area contributed by atoms with Gasteiger partial charge in [0, 0.05) is 45.0 Å². The molecule has 1 aliphatic rings. The van der Waals surface area contributed by atoms with E-state index in [0.717, 1.165) is 44.8 Å².